The highest BCUT2D eigenvalue weighted by Crippen LogP contribution is 2.24. The fourth-order valence-electron chi connectivity index (χ4n) is 2.21. The molecule has 0 aliphatic carbocycles. The van der Waals surface area contributed by atoms with Gasteiger partial charge in [0, 0.05) is 11.5 Å². The molecule has 0 aliphatic heterocycles. The number of nitrogens with one attached hydrogen (secondary N) is 2. The van der Waals surface area contributed by atoms with Crippen molar-refractivity contribution in [1.29, 1.82) is 0 Å². The van der Waals surface area contributed by atoms with E-state index in [9.17, 15) is 9.59 Å². The second kappa shape index (κ2) is 3.94. The molecule has 0 bridgehead atoms. The van der Waals surface area contributed by atoms with E-state index in [2.05, 4.69) is 15.0 Å². The molecule has 2 N–H and O–H groups in total. The Hall–Kier alpha value is -2.63. The summed E-state index contributed by atoms with van der Waals surface area (Å²) in [6.45, 7) is 1.83. The Labute approximate surface area is 107 Å². The third-order valence-electron chi connectivity index (χ3n) is 3.14. The molecule has 1 aromatic carbocycles. The molecule has 3 aromatic rings. The highest BCUT2D eigenvalue weighted by atomic mass is 16.5. The fourth-order valence-corrected chi connectivity index (χ4v) is 2.21. The average molecular weight is 257 g/mol. The zero-order chi connectivity index (χ0) is 13.6. The molecule has 0 saturated heterocycles. The number of H-pyrrole nitrogens is 2. The zero-order valence-electron chi connectivity index (χ0n) is 10.4. The van der Waals surface area contributed by atoms with Gasteiger partial charge in [-0.25, -0.2) is 9.78 Å². The molecule has 2 aromatic heterocycles. The molecule has 3 rings (SSSR count). The molecule has 0 fully saturated rings. The summed E-state index contributed by atoms with van der Waals surface area (Å²) in [6, 6.07) is 5.42. The molecule has 0 radical (unpaired) electrons. The Balaban J connectivity index is 2.55. The van der Waals surface area contributed by atoms with E-state index < -0.39 is 11.2 Å². The maximum absolute atomic E-state index is 11.8. The van der Waals surface area contributed by atoms with Gasteiger partial charge in [-0.1, -0.05) is 0 Å². The Bertz CT molecular complexity index is 909. The highest BCUT2D eigenvalue weighted by Gasteiger charge is 2.10. The lowest BCUT2D eigenvalue weighted by atomic mass is 10.1. The number of pyridine rings is 1. The largest absolute Gasteiger partial charge is 0.497 e. The molecule has 0 aliphatic rings. The summed E-state index contributed by atoms with van der Waals surface area (Å²) >= 11 is 0. The minimum Gasteiger partial charge on any atom is -0.497 e. The van der Waals surface area contributed by atoms with Crippen molar-refractivity contribution in [3.8, 4) is 5.75 Å². The van der Waals surface area contributed by atoms with Crippen molar-refractivity contribution in [1.82, 2.24) is 15.0 Å². The van der Waals surface area contributed by atoms with E-state index >= 15 is 0 Å². The number of hydrogen-bond acceptors (Lipinski definition) is 4. The number of aryl methyl sites for hydroxylation is 1. The normalized spacial score (nSPS) is 11.1. The number of aromatic nitrogens is 3. The molecule has 0 atom stereocenters. The summed E-state index contributed by atoms with van der Waals surface area (Å²) in [5.41, 5.74) is 0.742. The summed E-state index contributed by atoms with van der Waals surface area (Å²) in [5, 5.41) is 1.25. The number of nitrogens with zero attached hydrogens (tertiary/aromatic N) is 1. The van der Waals surface area contributed by atoms with Crippen LogP contribution in [0.5, 0.6) is 5.75 Å². The van der Waals surface area contributed by atoms with E-state index in [4.69, 9.17) is 4.74 Å². The molecule has 6 nitrogen and oxygen atoms in total. The summed E-state index contributed by atoms with van der Waals surface area (Å²) in [4.78, 5) is 32.2. The van der Waals surface area contributed by atoms with Gasteiger partial charge in [-0.3, -0.25) is 14.8 Å². The van der Waals surface area contributed by atoms with Gasteiger partial charge >= 0.3 is 5.69 Å². The van der Waals surface area contributed by atoms with Crippen LogP contribution in [0.25, 0.3) is 21.9 Å². The number of rotatable bonds is 1. The van der Waals surface area contributed by atoms with Gasteiger partial charge in [0.1, 0.15) is 11.4 Å². The topological polar surface area (TPSA) is 87.8 Å². The molecule has 0 amide bonds. The van der Waals surface area contributed by atoms with E-state index in [1.807, 2.05) is 19.1 Å². The maximum Gasteiger partial charge on any atom is 0.327 e. The van der Waals surface area contributed by atoms with E-state index in [0.29, 0.717) is 16.7 Å². The van der Waals surface area contributed by atoms with Gasteiger partial charge in [-0.2, -0.15) is 0 Å². The van der Waals surface area contributed by atoms with Crippen LogP contribution in [0.4, 0.5) is 0 Å². The van der Waals surface area contributed by atoms with Gasteiger partial charge in [0.05, 0.1) is 18.0 Å². The first-order valence-corrected chi connectivity index (χ1v) is 5.71. The van der Waals surface area contributed by atoms with Gasteiger partial charge in [-0.15, -0.1) is 0 Å². The van der Waals surface area contributed by atoms with Crippen molar-refractivity contribution in [2.24, 2.45) is 0 Å². The van der Waals surface area contributed by atoms with Crippen LogP contribution in [0.15, 0.2) is 27.8 Å². The molecular formula is C13H11N3O3. The van der Waals surface area contributed by atoms with Crippen LogP contribution in [0.2, 0.25) is 0 Å². The van der Waals surface area contributed by atoms with Gasteiger partial charge in [0.25, 0.3) is 5.56 Å². The van der Waals surface area contributed by atoms with E-state index in [1.54, 1.807) is 13.2 Å². The lowest BCUT2D eigenvalue weighted by molar-refractivity contribution is 0.415. The number of fused-ring (bicyclic) bond motifs is 2. The number of hydrogen-bond donors (Lipinski definition) is 2. The van der Waals surface area contributed by atoms with Crippen molar-refractivity contribution >= 4 is 21.9 Å². The van der Waals surface area contributed by atoms with Crippen molar-refractivity contribution in [2.75, 3.05) is 7.11 Å². The van der Waals surface area contributed by atoms with Crippen molar-refractivity contribution in [2.45, 2.75) is 6.92 Å². The van der Waals surface area contributed by atoms with Crippen molar-refractivity contribution in [3.63, 3.8) is 0 Å². The molecule has 19 heavy (non-hydrogen) atoms. The van der Waals surface area contributed by atoms with Crippen molar-refractivity contribution < 1.29 is 4.74 Å². The second-order valence-electron chi connectivity index (χ2n) is 4.25. The first-order chi connectivity index (χ1) is 9.10. The van der Waals surface area contributed by atoms with E-state index in [1.165, 1.54) is 0 Å². The van der Waals surface area contributed by atoms with Crippen LogP contribution in [-0.4, -0.2) is 22.1 Å². The monoisotopic (exact) mass is 257 g/mol. The van der Waals surface area contributed by atoms with Crippen LogP contribution in [0.3, 0.4) is 0 Å². The first kappa shape index (κ1) is 11.5. The second-order valence-corrected chi connectivity index (χ2v) is 4.25. The summed E-state index contributed by atoms with van der Waals surface area (Å²) in [5.74, 6) is 0.672. The third kappa shape index (κ3) is 1.69. The smallest absolute Gasteiger partial charge is 0.327 e. The predicted octanol–water partition coefficient (Wildman–Crippen LogP) is 1.08. The van der Waals surface area contributed by atoms with Gasteiger partial charge < -0.3 is 4.74 Å². The van der Waals surface area contributed by atoms with Crippen LogP contribution < -0.4 is 16.0 Å². The van der Waals surface area contributed by atoms with Crippen LogP contribution in [-0.2, 0) is 0 Å². The van der Waals surface area contributed by atoms with Gasteiger partial charge in [0.2, 0.25) is 0 Å². The third-order valence-corrected chi connectivity index (χ3v) is 3.14. The molecule has 0 spiro atoms. The molecule has 0 saturated carbocycles. The first-order valence-electron chi connectivity index (χ1n) is 5.71. The van der Waals surface area contributed by atoms with Gasteiger partial charge in [-0.05, 0) is 24.6 Å². The fraction of sp³-hybridized carbons (Fsp3) is 0.154. The maximum atomic E-state index is 11.8. The molecule has 2 heterocycles. The number of aromatic amines is 2. The Morgan fingerprint density at radius 1 is 1.21 bits per heavy atom. The van der Waals surface area contributed by atoms with Crippen molar-refractivity contribution in [3.05, 3.63) is 44.6 Å². The standard InChI is InChI=1S/C13H11N3O3/c1-6-8-4-3-7(19-2)5-9(8)14-11-10(6)12(17)16-13(18)15-11/h3-5H,1-2H3,(H2,14,15,16,17,18). The molecular weight excluding hydrogens is 246 g/mol. The SMILES string of the molecule is COc1ccc2c(C)c3c(=O)[nH]c(=O)[nH]c3nc2c1. The minimum atomic E-state index is -0.563. The van der Waals surface area contributed by atoms with E-state index in [-0.39, 0.29) is 5.65 Å². The Morgan fingerprint density at radius 2 is 2.00 bits per heavy atom. The quantitative estimate of drug-likeness (QED) is 0.638. The van der Waals surface area contributed by atoms with Gasteiger partial charge in [0.15, 0.2) is 0 Å². The summed E-state index contributed by atoms with van der Waals surface area (Å²) in [6.07, 6.45) is 0. The lowest BCUT2D eigenvalue weighted by Gasteiger charge is -2.07. The number of ether oxygens (including phenoxy) is 1. The van der Waals surface area contributed by atoms with E-state index in [0.717, 1.165) is 10.9 Å². The molecule has 0 unspecified atom stereocenters. The molecule has 6 heteroatoms. The van der Waals surface area contributed by atoms with Crippen LogP contribution >= 0.6 is 0 Å². The minimum absolute atomic E-state index is 0.284. The molecule has 96 valence electrons. The summed E-state index contributed by atoms with van der Waals surface area (Å²) < 4.78 is 5.14. The van der Waals surface area contributed by atoms with Crippen LogP contribution in [0.1, 0.15) is 5.56 Å². The Kier molecular flexibility index (Phi) is 2.38. The lowest BCUT2D eigenvalue weighted by Crippen LogP contribution is -2.23. The zero-order valence-corrected chi connectivity index (χ0v) is 10.4. The number of benzene rings is 1. The summed E-state index contributed by atoms with van der Waals surface area (Å²) in [7, 11) is 1.57. The highest BCUT2D eigenvalue weighted by molar-refractivity contribution is 5.95. The predicted molar refractivity (Wildman–Crippen MR) is 71.8 cm³/mol. The average Bonchev–Trinajstić information content (AvgIpc) is 2.37. The number of methoxy groups -OCH3 is 1. The van der Waals surface area contributed by atoms with Crippen LogP contribution in [0, 0.1) is 6.92 Å². The Morgan fingerprint density at radius 3 is 2.74 bits per heavy atom.